The number of phenols is 2. The Morgan fingerprint density at radius 3 is 2.40 bits per heavy atom. The molecule has 1 aromatic carbocycles. The molecule has 0 saturated carbocycles. The molecule has 0 aliphatic carbocycles. The lowest BCUT2D eigenvalue weighted by molar-refractivity contribution is 0.0592. The van der Waals surface area contributed by atoms with E-state index in [1.165, 1.54) is 12.7 Å². The highest BCUT2D eigenvalue weighted by atomic mass is 16.5. The van der Waals surface area contributed by atoms with E-state index in [0.29, 0.717) is 0 Å². The summed E-state index contributed by atoms with van der Waals surface area (Å²) in [5.41, 5.74) is 2.16. The van der Waals surface area contributed by atoms with Gasteiger partial charge < -0.3 is 24.8 Å². The van der Waals surface area contributed by atoms with Crippen LogP contribution >= 0.6 is 0 Å². The minimum Gasteiger partial charge on any atom is -0.507 e. The number of esters is 1. The largest absolute Gasteiger partial charge is 0.507 e. The molecule has 0 unspecified atom stereocenters. The standard InChI is InChI=1S/C19H26O6/c1-12(2)6-5-7-13(3)8-9-25-18-14(11-20)15(21)10-16(22)17(18)19(23)24-4/h6,8,10,20-22H,5,7,9,11H2,1-4H3. The third kappa shape index (κ3) is 5.83. The Hall–Kier alpha value is -2.47. The lowest BCUT2D eigenvalue weighted by atomic mass is 10.1. The van der Waals surface area contributed by atoms with E-state index in [4.69, 9.17) is 4.74 Å². The highest BCUT2D eigenvalue weighted by Gasteiger charge is 2.24. The Balaban J connectivity index is 3.00. The smallest absolute Gasteiger partial charge is 0.345 e. The van der Waals surface area contributed by atoms with Gasteiger partial charge in [0.15, 0.2) is 0 Å². The van der Waals surface area contributed by atoms with Crippen molar-refractivity contribution in [1.82, 2.24) is 0 Å². The Morgan fingerprint density at radius 1 is 1.16 bits per heavy atom. The quantitative estimate of drug-likeness (QED) is 0.491. The second-order valence-corrected chi connectivity index (χ2v) is 5.93. The van der Waals surface area contributed by atoms with E-state index in [9.17, 15) is 20.1 Å². The number of allylic oxidation sites excluding steroid dienone is 3. The number of rotatable bonds is 8. The minimum atomic E-state index is -0.813. The van der Waals surface area contributed by atoms with Crippen LogP contribution in [0.5, 0.6) is 17.2 Å². The molecule has 0 aromatic heterocycles. The molecule has 25 heavy (non-hydrogen) atoms. The van der Waals surface area contributed by atoms with Gasteiger partial charge in [-0.1, -0.05) is 17.2 Å². The second kappa shape index (κ2) is 9.74. The summed E-state index contributed by atoms with van der Waals surface area (Å²) in [7, 11) is 1.17. The van der Waals surface area contributed by atoms with Crippen LogP contribution in [0.2, 0.25) is 0 Å². The minimum absolute atomic E-state index is 0.0220. The van der Waals surface area contributed by atoms with Crippen LogP contribution in [0.3, 0.4) is 0 Å². The summed E-state index contributed by atoms with van der Waals surface area (Å²) in [6, 6.07) is 0.977. The average Bonchev–Trinajstić information content (AvgIpc) is 2.53. The Kier molecular flexibility index (Phi) is 8.01. The van der Waals surface area contributed by atoms with Gasteiger partial charge in [-0.25, -0.2) is 4.79 Å². The fraction of sp³-hybridized carbons (Fsp3) is 0.421. The molecule has 0 radical (unpaired) electrons. The molecule has 6 heteroatoms. The van der Waals surface area contributed by atoms with Crippen LogP contribution < -0.4 is 4.74 Å². The molecule has 0 bridgehead atoms. The van der Waals surface area contributed by atoms with Gasteiger partial charge in [-0.3, -0.25) is 0 Å². The maximum Gasteiger partial charge on any atom is 0.345 e. The van der Waals surface area contributed by atoms with Crippen LogP contribution in [-0.2, 0) is 11.3 Å². The summed E-state index contributed by atoms with van der Waals surface area (Å²) < 4.78 is 10.2. The summed E-state index contributed by atoms with van der Waals surface area (Å²) in [5.74, 6) is -1.72. The average molecular weight is 350 g/mol. The zero-order valence-electron chi connectivity index (χ0n) is 15.1. The van der Waals surface area contributed by atoms with Gasteiger partial charge in [-0.05, 0) is 39.7 Å². The molecule has 0 heterocycles. The predicted octanol–water partition coefficient (Wildman–Crippen LogP) is 3.45. The number of methoxy groups -OCH3 is 1. The summed E-state index contributed by atoms with van der Waals surface area (Å²) in [6.45, 7) is 5.63. The van der Waals surface area contributed by atoms with Gasteiger partial charge in [0.2, 0.25) is 0 Å². The number of hydrogen-bond donors (Lipinski definition) is 3. The summed E-state index contributed by atoms with van der Waals surface area (Å²) in [5, 5.41) is 29.2. The van der Waals surface area contributed by atoms with Crippen LogP contribution in [0.15, 0.2) is 29.4 Å². The molecule has 0 spiro atoms. The van der Waals surface area contributed by atoms with Gasteiger partial charge in [0.1, 0.15) is 29.4 Å². The number of benzene rings is 1. The van der Waals surface area contributed by atoms with Crippen molar-refractivity contribution >= 4 is 5.97 Å². The van der Waals surface area contributed by atoms with Gasteiger partial charge in [-0.2, -0.15) is 0 Å². The van der Waals surface area contributed by atoms with Crippen molar-refractivity contribution in [1.29, 1.82) is 0 Å². The van der Waals surface area contributed by atoms with Gasteiger partial charge in [-0.15, -0.1) is 0 Å². The van der Waals surface area contributed by atoms with E-state index in [-0.39, 0.29) is 29.2 Å². The van der Waals surface area contributed by atoms with Gasteiger partial charge >= 0.3 is 5.97 Å². The van der Waals surface area contributed by atoms with E-state index < -0.39 is 18.3 Å². The highest BCUT2D eigenvalue weighted by molar-refractivity contribution is 5.96. The van der Waals surface area contributed by atoms with E-state index in [1.807, 2.05) is 26.8 Å². The lowest BCUT2D eigenvalue weighted by Crippen LogP contribution is -2.09. The fourth-order valence-electron chi connectivity index (χ4n) is 2.24. The number of aromatic hydroxyl groups is 2. The fourth-order valence-corrected chi connectivity index (χ4v) is 2.24. The lowest BCUT2D eigenvalue weighted by Gasteiger charge is -2.15. The highest BCUT2D eigenvalue weighted by Crippen LogP contribution is 2.38. The molecule has 6 nitrogen and oxygen atoms in total. The molecule has 0 atom stereocenters. The monoisotopic (exact) mass is 350 g/mol. The van der Waals surface area contributed by atoms with Crippen molar-refractivity contribution in [2.24, 2.45) is 0 Å². The Morgan fingerprint density at radius 2 is 1.84 bits per heavy atom. The zero-order chi connectivity index (χ0) is 19.0. The molecule has 0 aliphatic heterocycles. The first kappa shape index (κ1) is 20.6. The molecule has 138 valence electrons. The van der Waals surface area contributed by atoms with Gasteiger partial charge in [0.05, 0.1) is 19.3 Å². The number of ether oxygens (including phenoxy) is 2. The molecular weight excluding hydrogens is 324 g/mol. The SMILES string of the molecule is COC(=O)c1c(O)cc(O)c(CO)c1OCC=C(C)CCC=C(C)C. The van der Waals surface area contributed by atoms with Crippen LogP contribution in [0.25, 0.3) is 0 Å². The predicted molar refractivity (Wildman–Crippen MR) is 95.0 cm³/mol. The molecule has 0 amide bonds. The topological polar surface area (TPSA) is 96.2 Å². The molecule has 3 N–H and O–H groups in total. The van der Waals surface area contributed by atoms with E-state index in [1.54, 1.807) is 0 Å². The molecule has 0 fully saturated rings. The van der Waals surface area contributed by atoms with Crippen molar-refractivity contribution in [3.05, 3.63) is 40.5 Å². The van der Waals surface area contributed by atoms with E-state index in [0.717, 1.165) is 24.5 Å². The number of aliphatic hydroxyl groups is 1. The van der Waals surface area contributed by atoms with Crippen molar-refractivity contribution in [3.8, 4) is 17.2 Å². The number of aliphatic hydroxyl groups excluding tert-OH is 1. The third-order valence-electron chi connectivity index (χ3n) is 3.64. The second-order valence-electron chi connectivity index (χ2n) is 5.93. The van der Waals surface area contributed by atoms with E-state index in [2.05, 4.69) is 10.8 Å². The van der Waals surface area contributed by atoms with Crippen LogP contribution in [-0.4, -0.2) is 35.0 Å². The molecule has 1 rings (SSSR count). The number of carbonyl (C=O) groups is 1. The maximum atomic E-state index is 11.9. The molecule has 0 saturated heterocycles. The van der Waals surface area contributed by atoms with Crippen LogP contribution in [0.4, 0.5) is 0 Å². The number of hydrogen-bond acceptors (Lipinski definition) is 6. The van der Waals surface area contributed by atoms with Crippen molar-refractivity contribution in [2.75, 3.05) is 13.7 Å². The maximum absolute atomic E-state index is 11.9. The van der Waals surface area contributed by atoms with Crippen molar-refractivity contribution in [2.45, 2.75) is 40.2 Å². The van der Waals surface area contributed by atoms with E-state index >= 15 is 0 Å². The summed E-state index contributed by atoms with van der Waals surface area (Å²) >= 11 is 0. The van der Waals surface area contributed by atoms with Gasteiger partial charge in [0, 0.05) is 6.07 Å². The van der Waals surface area contributed by atoms with Crippen molar-refractivity contribution < 1.29 is 29.6 Å². The number of carbonyl (C=O) groups excluding carboxylic acids is 1. The summed E-state index contributed by atoms with van der Waals surface area (Å²) in [4.78, 5) is 11.9. The zero-order valence-corrected chi connectivity index (χ0v) is 15.1. The molecule has 0 aliphatic rings. The molecule has 1 aromatic rings. The Bertz CT molecular complexity index is 669. The first-order valence-electron chi connectivity index (χ1n) is 8.00. The summed E-state index contributed by atoms with van der Waals surface area (Å²) in [6.07, 6.45) is 5.79. The Labute approximate surface area is 148 Å². The third-order valence-corrected chi connectivity index (χ3v) is 3.64. The van der Waals surface area contributed by atoms with Gasteiger partial charge in [0.25, 0.3) is 0 Å². The van der Waals surface area contributed by atoms with Crippen LogP contribution in [0.1, 0.15) is 49.5 Å². The molecular formula is C19H26O6. The van der Waals surface area contributed by atoms with Crippen LogP contribution in [0, 0.1) is 0 Å². The first-order valence-corrected chi connectivity index (χ1v) is 8.00. The normalized spacial score (nSPS) is 11.2. The van der Waals surface area contributed by atoms with Crippen molar-refractivity contribution in [3.63, 3.8) is 0 Å². The number of phenolic OH excluding ortho intramolecular Hbond substituents is 1. The first-order chi connectivity index (χ1) is 11.8.